The van der Waals surface area contributed by atoms with Crippen LogP contribution in [-0.2, 0) is 16.6 Å². The predicted molar refractivity (Wildman–Crippen MR) is 87.7 cm³/mol. The Morgan fingerprint density at radius 1 is 1.33 bits per heavy atom. The van der Waals surface area contributed by atoms with Crippen molar-refractivity contribution in [3.05, 3.63) is 43.3 Å². The molecule has 0 aliphatic carbocycles. The molecule has 0 saturated carbocycles. The summed E-state index contributed by atoms with van der Waals surface area (Å²) >= 11 is 0. The molecule has 128 valence electrons. The Kier molecular flexibility index (Phi) is 4.54. The van der Waals surface area contributed by atoms with Crippen LogP contribution < -0.4 is 4.72 Å². The lowest BCUT2D eigenvalue weighted by molar-refractivity contribution is 0.557. The van der Waals surface area contributed by atoms with Crippen molar-refractivity contribution in [2.24, 2.45) is 0 Å². The van der Waals surface area contributed by atoms with Crippen LogP contribution in [0.5, 0.6) is 0 Å². The van der Waals surface area contributed by atoms with E-state index in [-0.39, 0.29) is 17.6 Å². The number of furan rings is 1. The highest BCUT2D eigenvalue weighted by Crippen LogP contribution is 2.18. The minimum atomic E-state index is -3.62. The van der Waals surface area contributed by atoms with Gasteiger partial charge in [-0.3, -0.25) is 4.68 Å². The summed E-state index contributed by atoms with van der Waals surface area (Å²) in [5, 5.41) is 4.22. The normalized spacial score (nSPS) is 12.1. The summed E-state index contributed by atoms with van der Waals surface area (Å²) in [4.78, 5) is 3.95. The molecule has 0 unspecified atom stereocenters. The molecule has 3 rings (SSSR count). The first-order valence-electron chi connectivity index (χ1n) is 7.55. The molecule has 9 heteroatoms. The maximum atomic E-state index is 12.2. The van der Waals surface area contributed by atoms with Gasteiger partial charge < -0.3 is 8.98 Å². The molecule has 24 heavy (non-hydrogen) atoms. The highest BCUT2D eigenvalue weighted by Gasteiger charge is 2.17. The molecule has 0 aliphatic heterocycles. The lowest BCUT2D eigenvalue weighted by atomic mass is 10.3. The van der Waals surface area contributed by atoms with Gasteiger partial charge in [0.25, 0.3) is 10.0 Å². The molecule has 0 aromatic carbocycles. The zero-order chi connectivity index (χ0) is 17.2. The van der Waals surface area contributed by atoms with Gasteiger partial charge in [-0.05, 0) is 26.0 Å². The Labute approximate surface area is 140 Å². The highest BCUT2D eigenvalue weighted by molar-refractivity contribution is 7.89. The number of nitrogens with one attached hydrogen (secondary N) is 1. The van der Waals surface area contributed by atoms with Gasteiger partial charge in [-0.2, -0.15) is 5.10 Å². The second-order valence-electron chi connectivity index (χ2n) is 5.62. The molecule has 0 amide bonds. The van der Waals surface area contributed by atoms with Crippen molar-refractivity contribution in [1.29, 1.82) is 0 Å². The number of hydrogen-bond donors (Lipinski definition) is 1. The molecule has 0 fully saturated rings. The van der Waals surface area contributed by atoms with Crippen molar-refractivity contribution in [3.8, 4) is 11.3 Å². The highest BCUT2D eigenvalue weighted by atomic mass is 32.2. The van der Waals surface area contributed by atoms with E-state index in [1.165, 1.54) is 12.5 Å². The zero-order valence-electron chi connectivity index (χ0n) is 13.5. The van der Waals surface area contributed by atoms with Gasteiger partial charge in [-0.15, -0.1) is 0 Å². The first-order chi connectivity index (χ1) is 11.5. The van der Waals surface area contributed by atoms with E-state index < -0.39 is 10.0 Å². The van der Waals surface area contributed by atoms with E-state index >= 15 is 0 Å². The maximum absolute atomic E-state index is 12.2. The van der Waals surface area contributed by atoms with Gasteiger partial charge in [0.2, 0.25) is 0 Å². The van der Waals surface area contributed by atoms with Crippen LogP contribution in [0.2, 0.25) is 0 Å². The van der Waals surface area contributed by atoms with Crippen LogP contribution >= 0.6 is 0 Å². The summed E-state index contributed by atoms with van der Waals surface area (Å²) in [6, 6.07) is 3.80. The fourth-order valence-electron chi connectivity index (χ4n) is 2.16. The van der Waals surface area contributed by atoms with E-state index in [2.05, 4.69) is 14.8 Å². The standard InChI is InChI=1S/C15H19N5O3S/c1-12(2)19-10-15(16-11-19)24(21,22)18-5-6-20-9-13(8-17-20)14-4-3-7-23-14/h3-4,7-12,18H,5-6H2,1-2H3. The van der Waals surface area contributed by atoms with Crippen molar-refractivity contribution >= 4 is 10.0 Å². The summed E-state index contributed by atoms with van der Waals surface area (Å²) in [7, 11) is -3.62. The van der Waals surface area contributed by atoms with E-state index in [1.54, 1.807) is 34.0 Å². The van der Waals surface area contributed by atoms with Crippen LogP contribution in [0.4, 0.5) is 0 Å². The third kappa shape index (κ3) is 3.57. The van der Waals surface area contributed by atoms with Crippen molar-refractivity contribution in [2.75, 3.05) is 6.54 Å². The quantitative estimate of drug-likeness (QED) is 0.703. The zero-order valence-corrected chi connectivity index (χ0v) is 14.3. The molecule has 0 aliphatic rings. The molecular weight excluding hydrogens is 330 g/mol. The predicted octanol–water partition coefficient (Wildman–Crippen LogP) is 1.90. The van der Waals surface area contributed by atoms with Crippen LogP contribution in [0, 0.1) is 0 Å². The number of hydrogen-bond acceptors (Lipinski definition) is 5. The minimum Gasteiger partial charge on any atom is -0.464 e. The van der Waals surface area contributed by atoms with E-state index in [9.17, 15) is 8.42 Å². The summed E-state index contributed by atoms with van der Waals surface area (Å²) in [5.41, 5.74) is 0.846. The lowest BCUT2D eigenvalue weighted by Crippen LogP contribution is -2.27. The first-order valence-corrected chi connectivity index (χ1v) is 9.03. The molecule has 0 atom stereocenters. The van der Waals surface area contributed by atoms with Crippen LogP contribution in [0.3, 0.4) is 0 Å². The summed E-state index contributed by atoms with van der Waals surface area (Å²) < 4.78 is 35.7. The Hall–Kier alpha value is -2.39. The molecule has 0 radical (unpaired) electrons. The van der Waals surface area contributed by atoms with Crippen molar-refractivity contribution in [1.82, 2.24) is 24.1 Å². The molecule has 8 nitrogen and oxygen atoms in total. The number of rotatable bonds is 7. The monoisotopic (exact) mass is 349 g/mol. The molecule has 0 saturated heterocycles. The Morgan fingerprint density at radius 3 is 2.83 bits per heavy atom. The van der Waals surface area contributed by atoms with E-state index in [1.807, 2.05) is 19.9 Å². The largest absolute Gasteiger partial charge is 0.464 e. The van der Waals surface area contributed by atoms with Gasteiger partial charge in [-0.25, -0.2) is 18.1 Å². The van der Waals surface area contributed by atoms with Crippen molar-refractivity contribution < 1.29 is 12.8 Å². The molecule has 0 bridgehead atoms. The molecule has 0 spiro atoms. The van der Waals surface area contributed by atoms with Gasteiger partial charge in [-0.1, -0.05) is 0 Å². The SMILES string of the molecule is CC(C)n1cnc(S(=O)(=O)NCCn2cc(-c3ccco3)cn2)c1. The summed E-state index contributed by atoms with van der Waals surface area (Å²) in [5.74, 6) is 0.723. The number of imidazole rings is 1. The van der Waals surface area contributed by atoms with Gasteiger partial charge in [0, 0.05) is 25.0 Å². The van der Waals surface area contributed by atoms with Gasteiger partial charge in [0.15, 0.2) is 5.03 Å². The number of nitrogens with zero attached hydrogens (tertiary/aromatic N) is 4. The van der Waals surface area contributed by atoms with Crippen molar-refractivity contribution in [2.45, 2.75) is 31.5 Å². The lowest BCUT2D eigenvalue weighted by Gasteiger charge is -2.05. The third-order valence-electron chi connectivity index (χ3n) is 3.52. The van der Waals surface area contributed by atoms with Crippen LogP contribution in [0.25, 0.3) is 11.3 Å². The first kappa shape index (κ1) is 16.5. The molecular formula is C15H19N5O3S. The average Bonchev–Trinajstić information content (AvgIpc) is 3.27. The average molecular weight is 349 g/mol. The Bertz CT molecular complexity index is 893. The van der Waals surface area contributed by atoms with Crippen molar-refractivity contribution in [3.63, 3.8) is 0 Å². The molecule has 3 aromatic rings. The van der Waals surface area contributed by atoms with E-state index in [0.717, 1.165) is 11.3 Å². The van der Waals surface area contributed by atoms with E-state index in [0.29, 0.717) is 6.54 Å². The Morgan fingerprint density at radius 2 is 2.17 bits per heavy atom. The van der Waals surface area contributed by atoms with Crippen LogP contribution in [0.1, 0.15) is 19.9 Å². The topological polar surface area (TPSA) is 95.0 Å². The maximum Gasteiger partial charge on any atom is 0.259 e. The van der Waals surface area contributed by atoms with Crippen LogP contribution in [0.15, 0.2) is 52.8 Å². The van der Waals surface area contributed by atoms with Gasteiger partial charge in [0.1, 0.15) is 5.76 Å². The number of aromatic nitrogens is 4. The third-order valence-corrected chi connectivity index (χ3v) is 4.87. The second kappa shape index (κ2) is 6.62. The van der Waals surface area contributed by atoms with Gasteiger partial charge >= 0.3 is 0 Å². The van der Waals surface area contributed by atoms with E-state index in [4.69, 9.17) is 4.42 Å². The summed E-state index contributed by atoms with van der Waals surface area (Å²) in [6.45, 7) is 4.54. The molecule has 1 N–H and O–H groups in total. The van der Waals surface area contributed by atoms with Crippen LogP contribution in [-0.4, -0.2) is 34.3 Å². The number of sulfonamides is 1. The summed E-state index contributed by atoms with van der Waals surface area (Å²) in [6.07, 6.45) is 8.12. The Balaban J connectivity index is 1.59. The second-order valence-corrected chi connectivity index (χ2v) is 7.33. The molecule has 3 heterocycles. The van der Waals surface area contributed by atoms with Gasteiger partial charge in [0.05, 0.1) is 30.9 Å². The minimum absolute atomic E-state index is 0.0212. The fourth-order valence-corrected chi connectivity index (χ4v) is 3.12. The smallest absolute Gasteiger partial charge is 0.259 e. The molecule has 3 aromatic heterocycles. The fraction of sp³-hybridized carbons (Fsp3) is 0.333.